The van der Waals surface area contributed by atoms with Crippen molar-refractivity contribution in [3.05, 3.63) is 48.3 Å². The SMILES string of the molecule is COc1cccc(N(CC(=O)O)S(=O)(=O)c2ccc(OC)c(F)c2)c1. The highest BCUT2D eigenvalue weighted by Gasteiger charge is 2.28. The van der Waals surface area contributed by atoms with Gasteiger partial charge in [-0.25, -0.2) is 12.8 Å². The second kappa shape index (κ2) is 7.39. The third-order valence-electron chi connectivity index (χ3n) is 3.33. The highest BCUT2D eigenvalue weighted by Crippen LogP contribution is 2.28. The van der Waals surface area contributed by atoms with Crippen LogP contribution < -0.4 is 13.8 Å². The summed E-state index contributed by atoms with van der Waals surface area (Å²) in [7, 11) is -1.67. The van der Waals surface area contributed by atoms with Crippen LogP contribution in [0.2, 0.25) is 0 Å². The number of benzene rings is 2. The fraction of sp³-hybridized carbons (Fsp3) is 0.188. The Morgan fingerprint density at radius 3 is 2.44 bits per heavy atom. The van der Waals surface area contributed by atoms with Crippen LogP contribution in [0.5, 0.6) is 11.5 Å². The van der Waals surface area contributed by atoms with E-state index < -0.39 is 33.3 Å². The van der Waals surface area contributed by atoms with E-state index in [-0.39, 0.29) is 11.4 Å². The van der Waals surface area contributed by atoms with Crippen LogP contribution in [0.15, 0.2) is 47.4 Å². The number of aliphatic carboxylic acids is 1. The van der Waals surface area contributed by atoms with Gasteiger partial charge in [-0.15, -0.1) is 0 Å². The van der Waals surface area contributed by atoms with Crippen LogP contribution in [0.4, 0.5) is 10.1 Å². The van der Waals surface area contributed by atoms with Crippen molar-refractivity contribution in [3.63, 3.8) is 0 Å². The van der Waals surface area contributed by atoms with Gasteiger partial charge in [0.15, 0.2) is 11.6 Å². The summed E-state index contributed by atoms with van der Waals surface area (Å²) < 4.78 is 50.0. The van der Waals surface area contributed by atoms with Crippen molar-refractivity contribution in [3.8, 4) is 11.5 Å². The monoisotopic (exact) mass is 369 g/mol. The van der Waals surface area contributed by atoms with Gasteiger partial charge < -0.3 is 14.6 Å². The van der Waals surface area contributed by atoms with E-state index in [2.05, 4.69) is 0 Å². The minimum absolute atomic E-state index is 0.0815. The van der Waals surface area contributed by atoms with Gasteiger partial charge in [0.1, 0.15) is 12.3 Å². The molecule has 0 bridgehead atoms. The summed E-state index contributed by atoms with van der Waals surface area (Å²) in [6, 6.07) is 8.99. The van der Waals surface area contributed by atoms with Crippen LogP contribution in [0, 0.1) is 5.82 Å². The molecular weight excluding hydrogens is 353 g/mol. The molecular formula is C16H16FNO6S. The molecule has 0 unspecified atom stereocenters. The number of nitrogens with zero attached hydrogens (tertiary/aromatic N) is 1. The van der Waals surface area contributed by atoms with Crippen molar-refractivity contribution in [1.82, 2.24) is 0 Å². The topological polar surface area (TPSA) is 93.1 Å². The average molecular weight is 369 g/mol. The summed E-state index contributed by atoms with van der Waals surface area (Å²) in [5, 5.41) is 9.09. The van der Waals surface area contributed by atoms with Gasteiger partial charge in [0.25, 0.3) is 10.0 Å². The number of carboxylic acid groups (broad SMARTS) is 1. The van der Waals surface area contributed by atoms with Crippen LogP contribution in [-0.4, -0.2) is 40.3 Å². The van der Waals surface area contributed by atoms with Crippen LogP contribution in [-0.2, 0) is 14.8 Å². The van der Waals surface area contributed by atoms with E-state index in [0.717, 1.165) is 18.2 Å². The van der Waals surface area contributed by atoms with Crippen molar-refractivity contribution in [2.45, 2.75) is 4.90 Å². The van der Waals surface area contributed by atoms with Gasteiger partial charge in [-0.3, -0.25) is 9.10 Å². The van der Waals surface area contributed by atoms with E-state index in [9.17, 15) is 17.6 Å². The molecule has 7 nitrogen and oxygen atoms in total. The molecule has 0 amide bonds. The molecule has 2 aromatic rings. The first-order chi connectivity index (χ1) is 11.8. The number of carboxylic acids is 1. The zero-order valence-corrected chi connectivity index (χ0v) is 14.3. The lowest BCUT2D eigenvalue weighted by molar-refractivity contribution is -0.135. The van der Waals surface area contributed by atoms with Crippen LogP contribution in [0.1, 0.15) is 0 Å². The number of anilines is 1. The zero-order valence-electron chi connectivity index (χ0n) is 13.5. The summed E-state index contributed by atoms with van der Waals surface area (Å²) in [5.41, 5.74) is 0.0815. The van der Waals surface area contributed by atoms with Gasteiger partial charge in [0.05, 0.1) is 24.8 Å². The largest absolute Gasteiger partial charge is 0.497 e. The third kappa shape index (κ3) is 4.00. The van der Waals surface area contributed by atoms with Gasteiger partial charge in [-0.1, -0.05) is 6.07 Å². The molecule has 1 N–H and O–H groups in total. The van der Waals surface area contributed by atoms with Gasteiger partial charge in [-0.2, -0.15) is 0 Å². The normalized spacial score (nSPS) is 11.0. The van der Waals surface area contributed by atoms with Crippen molar-refractivity contribution < 1.29 is 32.2 Å². The first kappa shape index (κ1) is 18.5. The van der Waals surface area contributed by atoms with E-state index in [1.165, 1.54) is 32.4 Å². The number of sulfonamides is 1. The molecule has 0 aliphatic carbocycles. The number of halogens is 1. The molecule has 0 spiro atoms. The average Bonchev–Trinajstić information content (AvgIpc) is 2.59. The third-order valence-corrected chi connectivity index (χ3v) is 5.10. The summed E-state index contributed by atoms with van der Waals surface area (Å²) in [6.45, 7) is -0.830. The molecule has 0 aliphatic rings. The first-order valence-corrected chi connectivity index (χ1v) is 8.45. The molecule has 0 aliphatic heterocycles. The van der Waals surface area contributed by atoms with Crippen molar-refractivity contribution in [2.75, 3.05) is 25.1 Å². The predicted octanol–water partition coefficient (Wildman–Crippen LogP) is 2.12. The molecule has 134 valence electrons. The molecule has 0 saturated carbocycles. The van der Waals surface area contributed by atoms with E-state index in [1.54, 1.807) is 6.07 Å². The lowest BCUT2D eigenvalue weighted by Crippen LogP contribution is -2.35. The minimum atomic E-state index is -4.32. The van der Waals surface area contributed by atoms with E-state index >= 15 is 0 Å². The quantitative estimate of drug-likeness (QED) is 0.804. The fourth-order valence-corrected chi connectivity index (χ4v) is 3.56. The van der Waals surface area contributed by atoms with Gasteiger partial charge in [0.2, 0.25) is 0 Å². The smallest absolute Gasteiger partial charge is 0.324 e. The van der Waals surface area contributed by atoms with Crippen molar-refractivity contribution in [2.24, 2.45) is 0 Å². The lowest BCUT2D eigenvalue weighted by Gasteiger charge is -2.23. The van der Waals surface area contributed by atoms with E-state index in [1.807, 2.05) is 0 Å². The second-order valence-corrected chi connectivity index (χ2v) is 6.77. The highest BCUT2D eigenvalue weighted by molar-refractivity contribution is 7.92. The Labute approximate surface area is 144 Å². The molecule has 0 fully saturated rings. The van der Waals surface area contributed by atoms with Crippen molar-refractivity contribution in [1.29, 1.82) is 0 Å². The Morgan fingerprint density at radius 1 is 1.16 bits per heavy atom. The van der Waals surface area contributed by atoms with Crippen molar-refractivity contribution >= 4 is 21.7 Å². The summed E-state index contributed by atoms with van der Waals surface area (Å²) >= 11 is 0. The molecule has 0 radical (unpaired) electrons. The maximum Gasteiger partial charge on any atom is 0.324 e. The highest BCUT2D eigenvalue weighted by atomic mass is 32.2. The maximum atomic E-state index is 13.9. The van der Waals surface area contributed by atoms with Crippen LogP contribution in [0.25, 0.3) is 0 Å². The number of hydrogen-bond donors (Lipinski definition) is 1. The number of carbonyl (C=O) groups is 1. The molecule has 0 aromatic heterocycles. The standard InChI is InChI=1S/C16H16FNO6S/c1-23-12-5-3-4-11(8-12)18(10-16(19)20)25(21,22)13-6-7-15(24-2)14(17)9-13/h3-9H,10H2,1-2H3,(H,19,20). The number of hydrogen-bond acceptors (Lipinski definition) is 5. The Morgan fingerprint density at radius 2 is 1.88 bits per heavy atom. The van der Waals surface area contributed by atoms with Gasteiger partial charge in [0, 0.05) is 6.07 Å². The summed E-state index contributed by atoms with van der Waals surface area (Å²) in [5.74, 6) is -2.00. The Balaban J connectivity index is 2.55. The zero-order chi connectivity index (χ0) is 18.6. The molecule has 0 saturated heterocycles. The van der Waals surface area contributed by atoms with E-state index in [0.29, 0.717) is 10.1 Å². The van der Waals surface area contributed by atoms with Crippen LogP contribution in [0.3, 0.4) is 0 Å². The van der Waals surface area contributed by atoms with Crippen LogP contribution >= 0.6 is 0 Å². The minimum Gasteiger partial charge on any atom is -0.497 e. The Bertz CT molecular complexity index is 884. The van der Waals surface area contributed by atoms with E-state index in [4.69, 9.17) is 14.6 Å². The van der Waals surface area contributed by atoms with Gasteiger partial charge in [-0.05, 0) is 30.3 Å². The summed E-state index contributed by atoms with van der Waals surface area (Å²) in [6.07, 6.45) is 0. The van der Waals surface area contributed by atoms with Gasteiger partial charge >= 0.3 is 5.97 Å². The first-order valence-electron chi connectivity index (χ1n) is 7.01. The Kier molecular flexibility index (Phi) is 5.48. The molecule has 0 atom stereocenters. The number of rotatable bonds is 7. The molecule has 9 heteroatoms. The Hall–Kier alpha value is -2.81. The maximum absolute atomic E-state index is 13.9. The fourth-order valence-electron chi connectivity index (χ4n) is 2.14. The predicted molar refractivity (Wildman–Crippen MR) is 88.1 cm³/mol. The molecule has 25 heavy (non-hydrogen) atoms. The lowest BCUT2D eigenvalue weighted by atomic mass is 10.3. The second-order valence-electron chi connectivity index (χ2n) is 4.90. The number of ether oxygens (including phenoxy) is 2. The number of methoxy groups -OCH3 is 2. The molecule has 2 rings (SSSR count). The molecule has 0 heterocycles. The molecule has 2 aromatic carbocycles. The summed E-state index contributed by atoms with van der Waals surface area (Å²) in [4.78, 5) is 10.8.